The van der Waals surface area contributed by atoms with Gasteiger partial charge in [0.1, 0.15) is 17.4 Å². The number of hydrogen-bond acceptors (Lipinski definition) is 8. The first-order valence-corrected chi connectivity index (χ1v) is 16.3. The summed E-state index contributed by atoms with van der Waals surface area (Å²) in [5.41, 5.74) is 1.92. The minimum atomic E-state index is -3.70. The number of ether oxygens (including phenoxy) is 1. The molecule has 9 nitrogen and oxygen atoms in total. The lowest BCUT2D eigenvalue weighted by atomic mass is 9.98. The summed E-state index contributed by atoms with van der Waals surface area (Å²) >= 11 is 19.5. The molecule has 3 atom stereocenters. The first kappa shape index (κ1) is 28.3. The molecule has 13 heteroatoms. The number of piperidine rings is 1. The molecule has 2 bridgehead atoms. The number of hydrogen-bond donors (Lipinski definition) is 1. The van der Waals surface area contributed by atoms with Crippen molar-refractivity contribution in [3.8, 4) is 11.3 Å². The Morgan fingerprint density at radius 2 is 1.66 bits per heavy atom. The second-order valence-corrected chi connectivity index (χ2v) is 13.8. The monoisotopic (exact) mass is 637 g/mol. The van der Waals surface area contributed by atoms with Crippen LogP contribution < -0.4 is 9.62 Å². The van der Waals surface area contributed by atoms with E-state index >= 15 is 0 Å². The Morgan fingerprint density at radius 1 is 1.00 bits per heavy atom. The first-order valence-electron chi connectivity index (χ1n) is 13.2. The third-order valence-electron chi connectivity index (χ3n) is 7.80. The number of anilines is 1. The molecule has 0 unspecified atom stereocenters. The van der Waals surface area contributed by atoms with Crippen molar-refractivity contribution in [3.63, 3.8) is 0 Å². The average Bonchev–Trinajstić information content (AvgIpc) is 3.59. The summed E-state index contributed by atoms with van der Waals surface area (Å²) in [7, 11) is -3.70. The lowest BCUT2D eigenvalue weighted by Gasteiger charge is -2.40. The number of carbonyl (C=O) groups excluding carboxylic acids is 2. The molecule has 3 fully saturated rings. The van der Waals surface area contributed by atoms with Crippen molar-refractivity contribution in [1.82, 2.24) is 9.88 Å². The maximum atomic E-state index is 13.7. The van der Waals surface area contributed by atoms with Crippen LogP contribution in [0.4, 0.5) is 5.69 Å². The van der Waals surface area contributed by atoms with Crippen LogP contribution in [0.2, 0.25) is 15.1 Å². The van der Waals surface area contributed by atoms with Gasteiger partial charge in [-0.2, -0.15) is 0 Å². The molecule has 6 rings (SSSR count). The molecule has 0 spiro atoms. The molecule has 41 heavy (non-hydrogen) atoms. The Bertz CT molecular complexity index is 1620. The zero-order valence-electron chi connectivity index (χ0n) is 21.9. The van der Waals surface area contributed by atoms with Crippen molar-refractivity contribution in [3.05, 3.63) is 68.4 Å². The van der Waals surface area contributed by atoms with Gasteiger partial charge < -0.3 is 14.2 Å². The number of nitrogens with zero attached hydrogens (tertiary/aromatic N) is 2. The number of esters is 1. The standard InChI is InChI=1S/C28H26Cl3N3O6S/c1-41(37,38)33-27(35)15-7-10-22(21(31)11-15)34-16-8-9-17(34)13-18(12-16)39-28(36)24-25(32-40-26(24)14-5-6-14)23-19(29)3-2-4-20(23)30/h2-4,7,10-11,14,16-18H,5-6,8-9,12-13H2,1H3,(H,33,35)/t16-,17+,18-. The van der Waals surface area contributed by atoms with Crippen LogP contribution in [0.25, 0.3) is 11.3 Å². The van der Waals surface area contributed by atoms with E-state index in [0.29, 0.717) is 44.9 Å². The fraction of sp³-hybridized carbons (Fsp3) is 0.393. The van der Waals surface area contributed by atoms with Crippen molar-refractivity contribution in [2.45, 2.75) is 62.6 Å². The van der Waals surface area contributed by atoms with Crippen molar-refractivity contribution in [2.24, 2.45) is 0 Å². The summed E-state index contributed by atoms with van der Waals surface area (Å²) in [6.45, 7) is 0. The predicted octanol–water partition coefficient (Wildman–Crippen LogP) is 6.23. The second kappa shape index (κ2) is 10.8. The number of benzene rings is 2. The number of amides is 1. The lowest BCUT2D eigenvalue weighted by Crippen LogP contribution is -2.46. The number of halogens is 3. The van der Waals surface area contributed by atoms with Crippen LogP contribution in [-0.4, -0.2) is 49.9 Å². The molecule has 1 aliphatic carbocycles. The molecule has 2 saturated heterocycles. The summed E-state index contributed by atoms with van der Waals surface area (Å²) in [6.07, 6.45) is 5.39. The van der Waals surface area contributed by atoms with Gasteiger partial charge in [-0.15, -0.1) is 0 Å². The summed E-state index contributed by atoms with van der Waals surface area (Å²) < 4.78 is 36.6. The number of nitrogens with one attached hydrogen (secondary N) is 1. The van der Waals surface area contributed by atoms with Crippen LogP contribution in [0.1, 0.15) is 70.9 Å². The fourth-order valence-corrected chi connectivity index (χ4v) is 7.24. The Kier molecular flexibility index (Phi) is 7.46. The second-order valence-electron chi connectivity index (χ2n) is 10.8. The van der Waals surface area contributed by atoms with Gasteiger partial charge in [0.25, 0.3) is 5.91 Å². The van der Waals surface area contributed by atoms with Gasteiger partial charge in [0.2, 0.25) is 10.0 Å². The van der Waals surface area contributed by atoms with Gasteiger partial charge in [-0.25, -0.2) is 17.9 Å². The minimum Gasteiger partial charge on any atom is -0.458 e. The molecule has 3 aromatic rings. The summed E-state index contributed by atoms with van der Waals surface area (Å²) in [5.74, 6) is -0.626. The molecule has 3 aliphatic rings. The molecule has 1 aromatic heterocycles. The number of sulfonamides is 1. The van der Waals surface area contributed by atoms with E-state index in [4.69, 9.17) is 44.1 Å². The average molecular weight is 639 g/mol. The van der Waals surface area contributed by atoms with E-state index in [2.05, 4.69) is 10.1 Å². The van der Waals surface area contributed by atoms with Gasteiger partial charge in [0, 0.05) is 42.0 Å². The number of fused-ring (bicyclic) bond motifs is 2. The Labute approximate surface area is 252 Å². The Balaban J connectivity index is 1.21. The topological polar surface area (TPSA) is 119 Å². The maximum Gasteiger partial charge on any atom is 0.344 e. The Hall–Kier alpha value is -2.79. The van der Waals surface area contributed by atoms with Crippen LogP contribution in [0.15, 0.2) is 40.9 Å². The van der Waals surface area contributed by atoms with Gasteiger partial charge in [0.05, 0.1) is 27.0 Å². The van der Waals surface area contributed by atoms with Crippen molar-refractivity contribution in [1.29, 1.82) is 0 Å². The minimum absolute atomic E-state index is 0.0719. The smallest absolute Gasteiger partial charge is 0.344 e. The zero-order valence-corrected chi connectivity index (χ0v) is 25.0. The van der Waals surface area contributed by atoms with Gasteiger partial charge in [0.15, 0.2) is 5.76 Å². The summed E-state index contributed by atoms with van der Waals surface area (Å²) in [6, 6.07) is 10.00. The highest BCUT2D eigenvalue weighted by atomic mass is 35.5. The quantitative estimate of drug-likeness (QED) is 0.303. The zero-order chi connectivity index (χ0) is 29.1. The van der Waals surface area contributed by atoms with E-state index in [-0.39, 0.29) is 35.2 Å². The number of rotatable bonds is 7. The van der Waals surface area contributed by atoms with E-state index < -0.39 is 21.9 Å². The van der Waals surface area contributed by atoms with Crippen LogP contribution in [-0.2, 0) is 14.8 Å². The normalized spacial score (nSPS) is 22.0. The van der Waals surface area contributed by atoms with E-state index in [0.717, 1.165) is 37.6 Å². The molecule has 1 amide bonds. The number of carbonyl (C=O) groups is 2. The molecule has 1 N–H and O–H groups in total. The first-order chi connectivity index (χ1) is 19.5. The van der Waals surface area contributed by atoms with Crippen molar-refractivity contribution >= 4 is 62.4 Å². The molecule has 216 valence electrons. The third kappa shape index (κ3) is 5.67. The van der Waals surface area contributed by atoms with Gasteiger partial charge in [-0.3, -0.25) is 4.79 Å². The molecular weight excluding hydrogens is 613 g/mol. The van der Waals surface area contributed by atoms with Gasteiger partial charge in [-0.1, -0.05) is 46.0 Å². The molecule has 0 radical (unpaired) electrons. The van der Waals surface area contributed by atoms with Crippen LogP contribution in [0.3, 0.4) is 0 Å². The third-order valence-corrected chi connectivity index (χ3v) is 9.29. The summed E-state index contributed by atoms with van der Waals surface area (Å²) in [4.78, 5) is 28.1. The van der Waals surface area contributed by atoms with Gasteiger partial charge >= 0.3 is 5.97 Å². The van der Waals surface area contributed by atoms with E-state index in [1.54, 1.807) is 30.3 Å². The highest BCUT2D eigenvalue weighted by molar-refractivity contribution is 7.89. The SMILES string of the molecule is CS(=O)(=O)NC(=O)c1ccc(N2[C@@H]3CC[C@H]2C[C@H](OC(=O)c2c(-c4c(Cl)cccc4Cl)noc2C2CC2)C3)c(Cl)c1. The maximum absolute atomic E-state index is 13.7. The predicted molar refractivity (Wildman–Crippen MR) is 155 cm³/mol. The molecule has 3 heterocycles. The Morgan fingerprint density at radius 3 is 2.24 bits per heavy atom. The van der Waals surface area contributed by atoms with Crippen LogP contribution in [0.5, 0.6) is 0 Å². The van der Waals surface area contributed by atoms with Crippen molar-refractivity contribution < 1.29 is 27.3 Å². The molecule has 1 saturated carbocycles. The highest BCUT2D eigenvalue weighted by Gasteiger charge is 2.44. The fourth-order valence-electron chi connectivity index (χ4n) is 5.93. The number of aromatic nitrogens is 1. The van der Waals surface area contributed by atoms with E-state index in [1.165, 1.54) is 6.07 Å². The molecule has 2 aromatic carbocycles. The molecule has 2 aliphatic heterocycles. The van der Waals surface area contributed by atoms with Crippen LogP contribution >= 0.6 is 34.8 Å². The lowest BCUT2D eigenvalue weighted by molar-refractivity contribution is 0.0202. The van der Waals surface area contributed by atoms with Crippen LogP contribution in [0, 0.1) is 0 Å². The van der Waals surface area contributed by atoms with Crippen molar-refractivity contribution in [2.75, 3.05) is 11.2 Å². The largest absolute Gasteiger partial charge is 0.458 e. The highest BCUT2D eigenvalue weighted by Crippen LogP contribution is 2.47. The van der Waals surface area contributed by atoms with E-state index in [1.807, 2.05) is 4.72 Å². The van der Waals surface area contributed by atoms with E-state index in [9.17, 15) is 18.0 Å². The van der Waals surface area contributed by atoms with Gasteiger partial charge in [-0.05, 0) is 56.0 Å². The molecular formula is C28H26Cl3N3O6S. The summed E-state index contributed by atoms with van der Waals surface area (Å²) in [5, 5.41) is 5.27.